The number of hydrogen-bond donors (Lipinski definition) is 2. The molecule has 2 radical (unpaired) electrons. The third kappa shape index (κ3) is 1.28. The summed E-state index contributed by atoms with van der Waals surface area (Å²) < 4.78 is 0. The number of hydrogen-bond acceptors (Lipinski definition) is 2. The van der Waals surface area contributed by atoms with Crippen molar-refractivity contribution >= 4 is 30.2 Å². The minimum atomic E-state index is -0.574. The van der Waals surface area contributed by atoms with Crippen LogP contribution in [0.3, 0.4) is 0 Å². The van der Waals surface area contributed by atoms with Crippen molar-refractivity contribution in [3.05, 3.63) is 24.0 Å². The Bertz CT molecular complexity index is 477. The van der Waals surface area contributed by atoms with Crippen LogP contribution in [0.2, 0.25) is 0 Å². The summed E-state index contributed by atoms with van der Waals surface area (Å²) in [5.41, 5.74) is 7.07. The second-order valence-corrected chi connectivity index (χ2v) is 2.73. The van der Waals surface area contributed by atoms with Crippen LogP contribution in [0.5, 0.6) is 0 Å². The lowest BCUT2D eigenvalue weighted by Gasteiger charge is -1.89. The third-order valence-electron chi connectivity index (χ3n) is 1.74. The number of rotatable bonds is 1. The maximum Gasteiger partial charge on any atom is 0.284 e. The minimum Gasteiger partial charge on any atom is -0.363 e. The normalized spacial score (nSPS) is 10.5. The van der Waals surface area contributed by atoms with Crippen molar-refractivity contribution in [2.45, 2.75) is 0 Å². The highest BCUT2D eigenvalue weighted by molar-refractivity contribution is 6.33. The molecular formula is C8H6BN3O. The molecule has 1 aromatic heterocycles. The molecule has 0 saturated carbocycles. The number of imidazole rings is 1. The van der Waals surface area contributed by atoms with E-state index in [1.165, 1.54) is 0 Å². The van der Waals surface area contributed by atoms with E-state index in [4.69, 9.17) is 13.6 Å². The molecule has 0 aliphatic carbocycles. The van der Waals surface area contributed by atoms with Gasteiger partial charge in [0.15, 0.2) is 5.82 Å². The van der Waals surface area contributed by atoms with Gasteiger partial charge in [-0.25, -0.2) is 4.98 Å². The summed E-state index contributed by atoms with van der Waals surface area (Å²) in [5, 5.41) is 0. The van der Waals surface area contributed by atoms with Gasteiger partial charge in [0, 0.05) is 0 Å². The number of primary amides is 1. The molecule has 0 aliphatic heterocycles. The minimum absolute atomic E-state index is 0.153. The molecule has 1 amide bonds. The number of benzene rings is 1. The fraction of sp³-hybridized carbons (Fsp3) is 0. The maximum absolute atomic E-state index is 10.8. The van der Waals surface area contributed by atoms with Gasteiger partial charge in [-0.2, -0.15) is 0 Å². The zero-order chi connectivity index (χ0) is 9.42. The Balaban J connectivity index is 2.68. The highest BCUT2D eigenvalue weighted by Crippen LogP contribution is 2.08. The monoisotopic (exact) mass is 171 g/mol. The lowest BCUT2D eigenvalue weighted by molar-refractivity contribution is 0.0991. The van der Waals surface area contributed by atoms with Gasteiger partial charge in [0.25, 0.3) is 5.91 Å². The van der Waals surface area contributed by atoms with E-state index in [0.29, 0.717) is 16.5 Å². The van der Waals surface area contributed by atoms with Crippen LogP contribution in [-0.2, 0) is 0 Å². The van der Waals surface area contributed by atoms with Gasteiger partial charge in [-0.05, 0) is 12.1 Å². The number of nitrogens with one attached hydrogen (secondary N) is 1. The van der Waals surface area contributed by atoms with Crippen LogP contribution in [0.25, 0.3) is 11.0 Å². The zero-order valence-electron chi connectivity index (χ0n) is 6.74. The van der Waals surface area contributed by atoms with Crippen LogP contribution in [0.1, 0.15) is 10.6 Å². The summed E-state index contributed by atoms with van der Waals surface area (Å²) in [6.45, 7) is 0. The molecule has 0 fully saturated rings. The van der Waals surface area contributed by atoms with E-state index in [1.807, 2.05) is 0 Å². The van der Waals surface area contributed by atoms with Crippen LogP contribution in [-0.4, -0.2) is 23.7 Å². The lowest BCUT2D eigenvalue weighted by atomic mass is 9.96. The molecule has 5 heteroatoms. The number of aromatic amines is 1. The molecule has 0 aliphatic rings. The number of amides is 1. The summed E-state index contributed by atoms with van der Waals surface area (Å²) in [6.07, 6.45) is 0. The lowest BCUT2D eigenvalue weighted by Crippen LogP contribution is -2.12. The van der Waals surface area contributed by atoms with Gasteiger partial charge in [0.2, 0.25) is 0 Å². The molecule has 2 rings (SSSR count). The van der Waals surface area contributed by atoms with E-state index >= 15 is 0 Å². The molecule has 13 heavy (non-hydrogen) atoms. The Morgan fingerprint density at radius 2 is 2.31 bits per heavy atom. The van der Waals surface area contributed by atoms with E-state index in [9.17, 15) is 4.79 Å². The number of nitrogens with zero attached hydrogens (tertiary/aromatic N) is 1. The predicted molar refractivity (Wildman–Crippen MR) is 50.0 cm³/mol. The standard InChI is InChI=1S/C8H6BN3O/c9-4-1-2-5-6(3-4)12-8(11-5)7(10)13/h1-3H,(H2,10,13)(H,11,12). The maximum atomic E-state index is 10.8. The first-order chi connectivity index (χ1) is 6.16. The molecule has 3 N–H and O–H groups in total. The van der Waals surface area contributed by atoms with E-state index in [0.717, 1.165) is 0 Å². The highest BCUT2D eigenvalue weighted by atomic mass is 16.1. The average molecular weight is 171 g/mol. The fourth-order valence-corrected chi connectivity index (χ4v) is 1.14. The number of nitrogens with two attached hydrogens (primary N) is 1. The molecule has 0 spiro atoms. The molecular weight excluding hydrogens is 165 g/mol. The van der Waals surface area contributed by atoms with Crippen molar-refractivity contribution in [2.24, 2.45) is 5.73 Å². The quantitative estimate of drug-likeness (QED) is 0.565. The van der Waals surface area contributed by atoms with Crippen LogP contribution in [0.4, 0.5) is 0 Å². The predicted octanol–water partition coefficient (Wildman–Crippen LogP) is -0.544. The molecule has 1 heterocycles. The number of aromatic nitrogens is 2. The Labute approximate surface area is 75.6 Å². The first-order valence-corrected chi connectivity index (χ1v) is 3.72. The Hall–Kier alpha value is -1.78. The largest absolute Gasteiger partial charge is 0.363 e. The molecule has 4 nitrogen and oxygen atoms in total. The van der Waals surface area contributed by atoms with E-state index < -0.39 is 5.91 Å². The van der Waals surface area contributed by atoms with Crippen molar-refractivity contribution < 1.29 is 4.79 Å². The first kappa shape index (κ1) is 7.85. The zero-order valence-corrected chi connectivity index (χ0v) is 6.74. The summed E-state index contributed by atoms with van der Waals surface area (Å²) in [7, 11) is 5.55. The Morgan fingerprint density at radius 3 is 3.00 bits per heavy atom. The van der Waals surface area contributed by atoms with Gasteiger partial charge in [0.05, 0.1) is 11.0 Å². The van der Waals surface area contributed by atoms with Gasteiger partial charge in [0.1, 0.15) is 7.85 Å². The Morgan fingerprint density at radius 1 is 1.54 bits per heavy atom. The smallest absolute Gasteiger partial charge is 0.284 e. The number of carbonyl (C=O) groups excluding carboxylic acids is 1. The molecule has 0 unspecified atom stereocenters. The highest BCUT2D eigenvalue weighted by Gasteiger charge is 2.06. The molecule has 0 saturated heterocycles. The van der Waals surface area contributed by atoms with Gasteiger partial charge >= 0.3 is 0 Å². The van der Waals surface area contributed by atoms with E-state index in [2.05, 4.69) is 9.97 Å². The molecule has 0 bridgehead atoms. The summed E-state index contributed by atoms with van der Waals surface area (Å²) in [5.74, 6) is -0.421. The Kier molecular flexibility index (Phi) is 1.58. The van der Waals surface area contributed by atoms with E-state index in [-0.39, 0.29) is 5.82 Å². The fourth-order valence-electron chi connectivity index (χ4n) is 1.14. The van der Waals surface area contributed by atoms with Crippen molar-refractivity contribution in [2.75, 3.05) is 0 Å². The summed E-state index contributed by atoms with van der Waals surface area (Å²) in [6, 6.07) is 5.15. The van der Waals surface area contributed by atoms with Gasteiger partial charge in [-0.3, -0.25) is 4.79 Å². The van der Waals surface area contributed by atoms with Gasteiger partial charge in [-0.1, -0.05) is 11.5 Å². The van der Waals surface area contributed by atoms with Gasteiger partial charge in [-0.15, -0.1) is 0 Å². The van der Waals surface area contributed by atoms with Crippen molar-refractivity contribution in [1.29, 1.82) is 0 Å². The summed E-state index contributed by atoms with van der Waals surface area (Å²) in [4.78, 5) is 17.5. The van der Waals surface area contributed by atoms with Crippen molar-refractivity contribution in [3.63, 3.8) is 0 Å². The summed E-state index contributed by atoms with van der Waals surface area (Å²) >= 11 is 0. The number of fused-ring (bicyclic) bond motifs is 1. The van der Waals surface area contributed by atoms with Crippen LogP contribution < -0.4 is 11.2 Å². The molecule has 0 atom stereocenters. The van der Waals surface area contributed by atoms with Crippen LogP contribution >= 0.6 is 0 Å². The molecule has 2 aromatic rings. The SMILES string of the molecule is [B]c1ccc2nc(C(N)=O)[nH]c2c1. The number of H-pyrrole nitrogens is 1. The number of carbonyl (C=O) groups is 1. The van der Waals surface area contributed by atoms with Crippen molar-refractivity contribution in [3.8, 4) is 0 Å². The second-order valence-electron chi connectivity index (χ2n) is 2.73. The van der Waals surface area contributed by atoms with Crippen LogP contribution in [0, 0.1) is 0 Å². The average Bonchev–Trinajstić information content (AvgIpc) is 2.46. The van der Waals surface area contributed by atoms with Crippen LogP contribution in [0.15, 0.2) is 18.2 Å². The van der Waals surface area contributed by atoms with E-state index in [1.54, 1.807) is 18.2 Å². The second kappa shape index (κ2) is 2.62. The molecule has 62 valence electrons. The van der Waals surface area contributed by atoms with Crippen molar-refractivity contribution in [1.82, 2.24) is 9.97 Å². The van der Waals surface area contributed by atoms with Gasteiger partial charge < -0.3 is 10.7 Å². The topological polar surface area (TPSA) is 71.8 Å². The first-order valence-electron chi connectivity index (χ1n) is 3.72. The molecule has 1 aromatic carbocycles. The third-order valence-corrected chi connectivity index (χ3v) is 1.74.